The van der Waals surface area contributed by atoms with Crippen LogP contribution >= 0.6 is 0 Å². The lowest BCUT2D eigenvalue weighted by Crippen LogP contribution is -2.25. The van der Waals surface area contributed by atoms with Gasteiger partial charge >= 0.3 is 11.9 Å². The molecule has 13 heteroatoms. The molecule has 0 bridgehead atoms. The number of nitrogens with one attached hydrogen (secondary N) is 2. The summed E-state index contributed by atoms with van der Waals surface area (Å²) in [7, 11) is -2.23. The van der Waals surface area contributed by atoms with Crippen molar-refractivity contribution in [3.63, 3.8) is 0 Å². The number of sulfonamides is 1. The van der Waals surface area contributed by atoms with Gasteiger partial charge in [-0.3, -0.25) is 4.31 Å². The molecule has 3 rings (SSSR count). The molecule has 190 valence electrons. The van der Waals surface area contributed by atoms with E-state index in [9.17, 15) is 22.4 Å². The molecule has 0 atom stereocenters. The zero-order valence-electron chi connectivity index (χ0n) is 19.8. The summed E-state index contributed by atoms with van der Waals surface area (Å²) >= 11 is 0. The Labute approximate surface area is 207 Å². The van der Waals surface area contributed by atoms with Gasteiger partial charge in [0.25, 0.3) is 0 Å². The minimum absolute atomic E-state index is 0.0323. The van der Waals surface area contributed by atoms with Crippen LogP contribution in [0.4, 0.5) is 33.2 Å². The molecule has 0 radical (unpaired) electrons. The smallest absolute Gasteiger partial charge is 0.343 e. The van der Waals surface area contributed by atoms with Gasteiger partial charge in [0, 0.05) is 13.2 Å². The molecule has 0 saturated carbocycles. The van der Waals surface area contributed by atoms with Crippen LogP contribution in [-0.4, -0.2) is 54.8 Å². The van der Waals surface area contributed by atoms with Crippen LogP contribution in [-0.2, 0) is 14.8 Å². The van der Waals surface area contributed by atoms with E-state index in [2.05, 4.69) is 20.6 Å². The Bertz CT molecular complexity index is 1410. The topological polar surface area (TPSA) is 151 Å². The number of carboxylic acid groups (broad SMARTS) is 1. The second-order valence-electron chi connectivity index (χ2n) is 7.91. The Kier molecular flexibility index (Phi) is 7.73. The number of hydrogen-bond donors (Lipinski definition) is 3. The maximum atomic E-state index is 14.4. The largest absolute Gasteiger partial charge is 0.478 e. The molecule has 3 aromatic rings. The lowest BCUT2D eigenvalue weighted by molar-refractivity contribution is 0.0378. The highest BCUT2D eigenvalue weighted by Gasteiger charge is 2.21. The second kappa shape index (κ2) is 10.6. The summed E-state index contributed by atoms with van der Waals surface area (Å²) in [6, 6.07) is 9.73. The Morgan fingerprint density at radius 1 is 1.11 bits per heavy atom. The Morgan fingerprint density at radius 3 is 2.42 bits per heavy atom. The zero-order valence-corrected chi connectivity index (χ0v) is 20.6. The fourth-order valence-electron chi connectivity index (χ4n) is 2.99. The number of rotatable bonds is 9. The summed E-state index contributed by atoms with van der Waals surface area (Å²) in [5, 5.41) is 14.6. The van der Waals surface area contributed by atoms with E-state index in [4.69, 9.17) is 9.84 Å². The highest BCUT2D eigenvalue weighted by Crippen LogP contribution is 2.31. The molecule has 0 unspecified atom stereocenters. The molecule has 2 aromatic carbocycles. The van der Waals surface area contributed by atoms with Gasteiger partial charge in [0.15, 0.2) is 5.82 Å². The van der Waals surface area contributed by atoms with Crippen molar-refractivity contribution >= 4 is 50.8 Å². The molecule has 0 saturated heterocycles. The molecule has 36 heavy (non-hydrogen) atoms. The molecular weight excluding hydrogens is 493 g/mol. The SMILES string of the molecule is CC(C)OC(=O)c1cnc(Nc2ccc(C(=O)O)cc2F)nc1Nc1ccccc1N(C)S(C)(=O)=O. The molecule has 0 aliphatic heterocycles. The molecular formula is C23H24FN5O6S. The molecule has 0 fully saturated rings. The van der Waals surface area contributed by atoms with E-state index >= 15 is 0 Å². The van der Waals surface area contributed by atoms with Crippen molar-refractivity contribution in [1.82, 2.24) is 9.97 Å². The number of halogens is 1. The van der Waals surface area contributed by atoms with Crippen molar-refractivity contribution < 1.29 is 32.2 Å². The number of aromatic nitrogens is 2. The number of carbonyl (C=O) groups excluding carboxylic acids is 1. The van der Waals surface area contributed by atoms with E-state index < -0.39 is 33.9 Å². The second-order valence-corrected chi connectivity index (χ2v) is 9.92. The molecule has 3 N–H and O–H groups in total. The summed E-state index contributed by atoms with van der Waals surface area (Å²) in [6.07, 6.45) is 1.79. The predicted octanol–water partition coefficient (Wildman–Crippen LogP) is 3.76. The van der Waals surface area contributed by atoms with Crippen LogP contribution in [0.1, 0.15) is 34.6 Å². The highest BCUT2D eigenvalue weighted by atomic mass is 32.2. The van der Waals surface area contributed by atoms with Crippen LogP contribution in [0.25, 0.3) is 0 Å². The number of anilines is 5. The Hall–Kier alpha value is -4.26. The minimum atomic E-state index is -3.60. The van der Waals surface area contributed by atoms with E-state index in [0.29, 0.717) is 5.69 Å². The predicted molar refractivity (Wildman–Crippen MR) is 132 cm³/mol. The number of para-hydroxylation sites is 2. The van der Waals surface area contributed by atoms with Gasteiger partial charge in [0.1, 0.15) is 11.4 Å². The third-order valence-corrected chi connectivity index (χ3v) is 6.00. The number of aromatic carboxylic acids is 1. The van der Waals surface area contributed by atoms with Crippen LogP contribution in [0.2, 0.25) is 0 Å². The average Bonchev–Trinajstić information content (AvgIpc) is 2.79. The normalized spacial score (nSPS) is 11.2. The quantitative estimate of drug-likeness (QED) is 0.358. The number of ether oxygens (including phenoxy) is 1. The van der Waals surface area contributed by atoms with Gasteiger partial charge in [0.05, 0.1) is 35.0 Å². The van der Waals surface area contributed by atoms with Crippen LogP contribution < -0.4 is 14.9 Å². The maximum Gasteiger partial charge on any atom is 0.343 e. The highest BCUT2D eigenvalue weighted by molar-refractivity contribution is 7.92. The molecule has 0 spiro atoms. The number of esters is 1. The molecule has 0 amide bonds. The van der Waals surface area contributed by atoms with Gasteiger partial charge in [-0.2, -0.15) is 4.98 Å². The van der Waals surface area contributed by atoms with Crippen LogP contribution in [0.3, 0.4) is 0 Å². The lowest BCUT2D eigenvalue weighted by Gasteiger charge is -2.21. The van der Waals surface area contributed by atoms with Crippen molar-refractivity contribution in [3.05, 3.63) is 65.6 Å². The van der Waals surface area contributed by atoms with Crippen molar-refractivity contribution in [2.24, 2.45) is 0 Å². The van der Waals surface area contributed by atoms with Gasteiger partial charge in [0.2, 0.25) is 16.0 Å². The monoisotopic (exact) mass is 517 g/mol. The van der Waals surface area contributed by atoms with E-state index in [-0.39, 0.29) is 34.3 Å². The summed E-state index contributed by atoms with van der Waals surface area (Å²) in [5.74, 6) is -3.01. The standard InChI is InChI=1S/C23H24FN5O6S/c1-13(2)35-22(32)15-12-25-23(27-17-10-9-14(21(30)31)11-16(17)24)28-20(15)26-18-7-5-6-8-19(18)29(3)36(4,33)34/h5-13H,1-4H3,(H,30,31)(H2,25,26,27,28). The Balaban J connectivity index is 2.04. The van der Waals surface area contributed by atoms with E-state index in [1.165, 1.54) is 25.4 Å². The van der Waals surface area contributed by atoms with Crippen molar-refractivity contribution in [3.8, 4) is 0 Å². The zero-order chi connectivity index (χ0) is 26.6. The maximum absolute atomic E-state index is 14.4. The summed E-state index contributed by atoms with van der Waals surface area (Å²) < 4.78 is 44.9. The number of carbonyl (C=O) groups is 2. The first-order chi connectivity index (χ1) is 16.9. The van der Waals surface area contributed by atoms with Crippen LogP contribution in [0.15, 0.2) is 48.7 Å². The first kappa shape index (κ1) is 26.3. The van der Waals surface area contributed by atoms with Gasteiger partial charge in [-0.1, -0.05) is 12.1 Å². The molecule has 1 heterocycles. The molecule has 0 aliphatic rings. The number of hydrogen-bond acceptors (Lipinski definition) is 9. The van der Waals surface area contributed by atoms with E-state index in [1.807, 2.05) is 0 Å². The van der Waals surface area contributed by atoms with Crippen molar-refractivity contribution in [2.75, 3.05) is 28.2 Å². The van der Waals surface area contributed by atoms with Crippen LogP contribution in [0, 0.1) is 5.82 Å². The molecule has 0 aliphatic carbocycles. The lowest BCUT2D eigenvalue weighted by atomic mass is 10.2. The van der Waals surface area contributed by atoms with Gasteiger partial charge in [-0.15, -0.1) is 0 Å². The van der Waals surface area contributed by atoms with Gasteiger partial charge < -0.3 is 20.5 Å². The van der Waals surface area contributed by atoms with E-state index in [1.54, 1.807) is 38.1 Å². The molecule has 1 aromatic heterocycles. The molecule has 11 nitrogen and oxygen atoms in total. The number of benzene rings is 2. The van der Waals surface area contributed by atoms with Crippen molar-refractivity contribution in [2.45, 2.75) is 20.0 Å². The first-order valence-corrected chi connectivity index (χ1v) is 12.4. The summed E-state index contributed by atoms with van der Waals surface area (Å²) in [6.45, 7) is 3.34. The third-order valence-electron chi connectivity index (χ3n) is 4.81. The van der Waals surface area contributed by atoms with Gasteiger partial charge in [-0.25, -0.2) is 27.4 Å². The minimum Gasteiger partial charge on any atom is -0.478 e. The van der Waals surface area contributed by atoms with Gasteiger partial charge in [-0.05, 0) is 44.2 Å². The van der Waals surface area contributed by atoms with Crippen LogP contribution in [0.5, 0.6) is 0 Å². The summed E-state index contributed by atoms with van der Waals surface area (Å²) in [5.41, 5.74) is 0.213. The fraction of sp³-hybridized carbons (Fsp3) is 0.217. The average molecular weight is 518 g/mol. The number of nitrogens with zero attached hydrogens (tertiary/aromatic N) is 3. The van der Waals surface area contributed by atoms with Crippen molar-refractivity contribution in [1.29, 1.82) is 0 Å². The third kappa shape index (κ3) is 6.24. The Morgan fingerprint density at radius 2 is 1.81 bits per heavy atom. The fourth-order valence-corrected chi connectivity index (χ4v) is 3.51. The van der Waals surface area contributed by atoms with E-state index in [0.717, 1.165) is 16.6 Å². The summed E-state index contributed by atoms with van der Waals surface area (Å²) in [4.78, 5) is 32.1. The number of carboxylic acids is 1. The first-order valence-electron chi connectivity index (χ1n) is 10.5.